The Morgan fingerprint density at radius 1 is 1.53 bits per heavy atom. The van der Waals surface area contributed by atoms with Crippen LogP contribution in [0.4, 0.5) is 0 Å². The number of nitrogens with zero attached hydrogens (tertiary/aromatic N) is 1. The summed E-state index contributed by atoms with van der Waals surface area (Å²) in [6.45, 7) is 4.27. The fourth-order valence-electron chi connectivity index (χ4n) is 2.03. The molecular weight excluding hydrogens is 218 g/mol. The van der Waals surface area contributed by atoms with Gasteiger partial charge in [0.05, 0.1) is 6.04 Å². The van der Waals surface area contributed by atoms with Crippen molar-refractivity contribution >= 4 is 11.8 Å². The molecule has 0 spiro atoms. The Morgan fingerprint density at radius 2 is 2.29 bits per heavy atom. The molecule has 0 aromatic carbocycles. The third kappa shape index (κ3) is 4.34. The fraction of sp³-hybridized carbons (Fsp3) is 0.833. The van der Waals surface area contributed by atoms with Gasteiger partial charge in [-0.1, -0.05) is 6.92 Å². The van der Waals surface area contributed by atoms with E-state index < -0.39 is 0 Å². The molecule has 1 unspecified atom stereocenters. The van der Waals surface area contributed by atoms with Crippen LogP contribution in [0.2, 0.25) is 0 Å². The number of carbonyl (C=O) groups is 2. The number of nitrogens with one attached hydrogen (secondary N) is 2. The maximum Gasteiger partial charge on any atom is 0.239 e. The largest absolute Gasteiger partial charge is 0.359 e. The highest BCUT2D eigenvalue weighted by Crippen LogP contribution is 2.12. The normalized spacial score (nSPS) is 20.5. The maximum absolute atomic E-state index is 12.1. The van der Waals surface area contributed by atoms with Crippen LogP contribution in [-0.4, -0.2) is 49.4 Å². The lowest BCUT2D eigenvalue weighted by atomic mass is 10.0. The number of piperidine rings is 1. The molecule has 1 fully saturated rings. The smallest absolute Gasteiger partial charge is 0.239 e. The first kappa shape index (κ1) is 14.0. The SMILES string of the molecule is CCCNC1CCCN(CCC(=O)NC)C1=O. The first-order chi connectivity index (χ1) is 8.19. The molecule has 5 nitrogen and oxygen atoms in total. The van der Waals surface area contributed by atoms with E-state index in [1.807, 2.05) is 0 Å². The lowest BCUT2D eigenvalue weighted by molar-refractivity contribution is -0.136. The van der Waals surface area contributed by atoms with Crippen molar-refractivity contribution in [3.05, 3.63) is 0 Å². The van der Waals surface area contributed by atoms with Crippen molar-refractivity contribution in [2.24, 2.45) is 0 Å². The zero-order valence-corrected chi connectivity index (χ0v) is 10.8. The van der Waals surface area contributed by atoms with E-state index in [-0.39, 0.29) is 17.9 Å². The molecule has 1 rings (SSSR count). The molecule has 0 aromatic heterocycles. The minimum Gasteiger partial charge on any atom is -0.359 e. The Bertz CT molecular complexity index is 268. The van der Waals surface area contributed by atoms with E-state index >= 15 is 0 Å². The molecule has 0 saturated carbocycles. The zero-order valence-electron chi connectivity index (χ0n) is 10.8. The second-order valence-corrected chi connectivity index (χ2v) is 4.40. The molecule has 1 saturated heterocycles. The summed E-state index contributed by atoms with van der Waals surface area (Å²) in [5, 5.41) is 5.83. The van der Waals surface area contributed by atoms with Crippen LogP contribution in [0, 0.1) is 0 Å². The van der Waals surface area contributed by atoms with Gasteiger partial charge in [-0.15, -0.1) is 0 Å². The van der Waals surface area contributed by atoms with Crippen molar-refractivity contribution in [1.82, 2.24) is 15.5 Å². The molecule has 98 valence electrons. The van der Waals surface area contributed by atoms with Crippen molar-refractivity contribution in [2.75, 3.05) is 26.7 Å². The van der Waals surface area contributed by atoms with Gasteiger partial charge in [0.1, 0.15) is 0 Å². The highest BCUT2D eigenvalue weighted by molar-refractivity contribution is 5.83. The highest BCUT2D eigenvalue weighted by Gasteiger charge is 2.27. The van der Waals surface area contributed by atoms with E-state index in [9.17, 15) is 9.59 Å². The van der Waals surface area contributed by atoms with Crippen LogP contribution >= 0.6 is 0 Å². The summed E-state index contributed by atoms with van der Waals surface area (Å²) in [4.78, 5) is 25.0. The van der Waals surface area contributed by atoms with Gasteiger partial charge in [0.25, 0.3) is 0 Å². The first-order valence-corrected chi connectivity index (χ1v) is 6.41. The lowest BCUT2D eigenvalue weighted by Gasteiger charge is -2.32. The molecule has 1 atom stereocenters. The van der Waals surface area contributed by atoms with E-state index in [0.717, 1.165) is 32.4 Å². The molecule has 0 bridgehead atoms. The Kier molecular flexibility index (Phi) is 5.97. The molecule has 0 aliphatic carbocycles. The fourth-order valence-corrected chi connectivity index (χ4v) is 2.03. The third-order valence-electron chi connectivity index (χ3n) is 3.06. The van der Waals surface area contributed by atoms with E-state index in [0.29, 0.717) is 13.0 Å². The van der Waals surface area contributed by atoms with Crippen molar-refractivity contribution in [3.63, 3.8) is 0 Å². The van der Waals surface area contributed by atoms with Gasteiger partial charge in [-0.2, -0.15) is 0 Å². The van der Waals surface area contributed by atoms with Gasteiger partial charge in [-0.3, -0.25) is 9.59 Å². The molecule has 0 aromatic rings. The van der Waals surface area contributed by atoms with E-state index in [1.54, 1.807) is 11.9 Å². The van der Waals surface area contributed by atoms with Crippen LogP contribution in [0.3, 0.4) is 0 Å². The van der Waals surface area contributed by atoms with Crippen LogP contribution < -0.4 is 10.6 Å². The molecule has 1 heterocycles. The maximum atomic E-state index is 12.1. The monoisotopic (exact) mass is 241 g/mol. The van der Waals surface area contributed by atoms with Gasteiger partial charge in [-0.25, -0.2) is 0 Å². The summed E-state index contributed by atoms with van der Waals surface area (Å²) in [7, 11) is 1.62. The Morgan fingerprint density at radius 3 is 2.94 bits per heavy atom. The Balaban J connectivity index is 2.39. The third-order valence-corrected chi connectivity index (χ3v) is 3.06. The van der Waals surface area contributed by atoms with E-state index in [1.165, 1.54) is 0 Å². The number of hydrogen-bond donors (Lipinski definition) is 2. The molecule has 17 heavy (non-hydrogen) atoms. The minimum absolute atomic E-state index is 0.0126. The predicted octanol–water partition coefficient (Wildman–Crippen LogP) is 0.113. The van der Waals surface area contributed by atoms with Gasteiger partial charge < -0.3 is 15.5 Å². The quantitative estimate of drug-likeness (QED) is 0.694. The molecule has 1 aliphatic heterocycles. The second-order valence-electron chi connectivity index (χ2n) is 4.40. The average Bonchev–Trinajstić information content (AvgIpc) is 2.35. The summed E-state index contributed by atoms with van der Waals surface area (Å²) in [6.07, 6.45) is 3.35. The van der Waals surface area contributed by atoms with E-state index in [2.05, 4.69) is 17.6 Å². The standard InChI is InChI=1S/C12H23N3O2/c1-3-7-14-10-5-4-8-15(12(10)17)9-6-11(16)13-2/h10,14H,3-9H2,1-2H3,(H,13,16). The van der Waals surface area contributed by atoms with Crippen LogP contribution in [0.15, 0.2) is 0 Å². The highest BCUT2D eigenvalue weighted by atomic mass is 16.2. The van der Waals surface area contributed by atoms with Crippen molar-refractivity contribution in [1.29, 1.82) is 0 Å². The van der Waals surface area contributed by atoms with Crippen molar-refractivity contribution in [3.8, 4) is 0 Å². The summed E-state index contributed by atoms with van der Waals surface area (Å²) in [5.74, 6) is 0.134. The molecule has 1 aliphatic rings. The Hall–Kier alpha value is -1.10. The van der Waals surface area contributed by atoms with Crippen LogP contribution in [0.1, 0.15) is 32.6 Å². The minimum atomic E-state index is -0.0478. The van der Waals surface area contributed by atoms with Crippen molar-refractivity contribution in [2.45, 2.75) is 38.6 Å². The van der Waals surface area contributed by atoms with Gasteiger partial charge in [0, 0.05) is 26.6 Å². The molecule has 2 amide bonds. The Labute approximate surface area is 103 Å². The molecule has 0 radical (unpaired) electrons. The number of rotatable bonds is 6. The van der Waals surface area contributed by atoms with Gasteiger partial charge in [0.2, 0.25) is 11.8 Å². The summed E-state index contributed by atoms with van der Waals surface area (Å²) in [5.41, 5.74) is 0. The molecule has 5 heteroatoms. The summed E-state index contributed by atoms with van der Waals surface area (Å²) in [6, 6.07) is -0.0478. The zero-order chi connectivity index (χ0) is 12.7. The van der Waals surface area contributed by atoms with Crippen molar-refractivity contribution < 1.29 is 9.59 Å². The number of likely N-dealkylation sites (tertiary alicyclic amines) is 1. The van der Waals surface area contributed by atoms with Crippen LogP contribution in [0.25, 0.3) is 0 Å². The molecule has 2 N–H and O–H groups in total. The number of carbonyl (C=O) groups excluding carboxylic acids is 2. The summed E-state index contributed by atoms with van der Waals surface area (Å²) < 4.78 is 0. The van der Waals surface area contributed by atoms with Gasteiger partial charge >= 0.3 is 0 Å². The lowest BCUT2D eigenvalue weighted by Crippen LogP contribution is -2.51. The number of hydrogen-bond acceptors (Lipinski definition) is 3. The van der Waals surface area contributed by atoms with E-state index in [4.69, 9.17) is 0 Å². The average molecular weight is 241 g/mol. The summed E-state index contributed by atoms with van der Waals surface area (Å²) >= 11 is 0. The van der Waals surface area contributed by atoms with Crippen LogP contribution in [-0.2, 0) is 9.59 Å². The van der Waals surface area contributed by atoms with Gasteiger partial charge in [-0.05, 0) is 25.8 Å². The molecular formula is C12H23N3O2. The second kappa shape index (κ2) is 7.27. The predicted molar refractivity (Wildman–Crippen MR) is 66.6 cm³/mol. The van der Waals surface area contributed by atoms with Crippen LogP contribution in [0.5, 0.6) is 0 Å². The number of amides is 2. The topological polar surface area (TPSA) is 61.4 Å². The van der Waals surface area contributed by atoms with Gasteiger partial charge in [0.15, 0.2) is 0 Å². The first-order valence-electron chi connectivity index (χ1n) is 6.41.